The molecule has 0 amide bonds. The highest BCUT2D eigenvalue weighted by atomic mass is 16.3. The van der Waals surface area contributed by atoms with Crippen molar-refractivity contribution in [3.63, 3.8) is 0 Å². The van der Waals surface area contributed by atoms with Gasteiger partial charge in [-0.3, -0.25) is 9.59 Å². The van der Waals surface area contributed by atoms with Gasteiger partial charge in [-0.2, -0.15) is 0 Å². The molecule has 0 saturated carbocycles. The van der Waals surface area contributed by atoms with Gasteiger partial charge in [-0.15, -0.1) is 0 Å². The zero-order valence-corrected chi connectivity index (χ0v) is 11.3. The van der Waals surface area contributed by atoms with Gasteiger partial charge in [0.1, 0.15) is 11.5 Å². The van der Waals surface area contributed by atoms with Gasteiger partial charge in [0, 0.05) is 11.1 Å². The zero-order chi connectivity index (χ0) is 15.9. The first-order chi connectivity index (χ1) is 10.6. The summed E-state index contributed by atoms with van der Waals surface area (Å²) in [7, 11) is 0. The summed E-state index contributed by atoms with van der Waals surface area (Å²) >= 11 is 0. The van der Waals surface area contributed by atoms with Crippen molar-refractivity contribution in [2.75, 3.05) is 0 Å². The molecule has 4 heteroatoms. The largest absolute Gasteiger partial charge is 0.507 e. The fourth-order valence-corrected chi connectivity index (χ4v) is 1.65. The van der Waals surface area contributed by atoms with Gasteiger partial charge >= 0.3 is 0 Å². The molecule has 0 bridgehead atoms. The molecule has 0 saturated heterocycles. The SMILES string of the molecule is O=Cc1ccc(C#CC#Cc2ccc(C=O)c(O)c2)cc1O. The quantitative estimate of drug-likeness (QED) is 0.656. The van der Waals surface area contributed by atoms with E-state index in [4.69, 9.17) is 0 Å². The van der Waals surface area contributed by atoms with E-state index in [1.807, 2.05) is 0 Å². The molecule has 0 heterocycles. The molecule has 0 aliphatic rings. The van der Waals surface area contributed by atoms with Gasteiger partial charge in [0.25, 0.3) is 0 Å². The number of phenols is 2. The second-order valence-corrected chi connectivity index (χ2v) is 4.28. The van der Waals surface area contributed by atoms with Crippen LogP contribution in [0.1, 0.15) is 31.8 Å². The minimum absolute atomic E-state index is 0.135. The van der Waals surface area contributed by atoms with E-state index >= 15 is 0 Å². The smallest absolute Gasteiger partial charge is 0.153 e. The average Bonchev–Trinajstić information content (AvgIpc) is 2.52. The molecule has 0 radical (unpaired) electrons. The third kappa shape index (κ3) is 3.53. The van der Waals surface area contributed by atoms with Gasteiger partial charge in [0.2, 0.25) is 0 Å². The van der Waals surface area contributed by atoms with Crippen molar-refractivity contribution in [1.29, 1.82) is 0 Å². The molecule has 0 aromatic heterocycles. The normalized spacial score (nSPS) is 8.91. The highest BCUT2D eigenvalue weighted by Gasteiger charge is 1.99. The predicted molar refractivity (Wildman–Crippen MR) is 80.7 cm³/mol. The molecule has 22 heavy (non-hydrogen) atoms. The summed E-state index contributed by atoms with van der Waals surface area (Å²) in [6, 6.07) is 8.89. The van der Waals surface area contributed by atoms with Crippen LogP contribution in [-0.2, 0) is 0 Å². The number of aldehydes is 2. The van der Waals surface area contributed by atoms with E-state index in [1.165, 1.54) is 24.3 Å². The van der Waals surface area contributed by atoms with Gasteiger partial charge in [-0.25, -0.2) is 0 Å². The lowest BCUT2D eigenvalue weighted by Gasteiger charge is -1.96. The van der Waals surface area contributed by atoms with Crippen LogP contribution in [0.5, 0.6) is 11.5 Å². The molecule has 106 valence electrons. The second kappa shape index (κ2) is 6.78. The van der Waals surface area contributed by atoms with E-state index in [0.29, 0.717) is 23.7 Å². The van der Waals surface area contributed by atoms with Crippen molar-refractivity contribution in [3.8, 4) is 35.2 Å². The molecule has 4 nitrogen and oxygen atoms in total. The lowest BCUT2D eigenvalue weighted by atomic mass is 10.1. The maximum Gasteiger partial charge on any atom is 0.153 e. The number of hydrogen-bond donors (Lipinski definition) is 2. The molecule has 0 spiro atoms. The Morgan fingerprint density at radius 3 is 1.45 bits per heavy atom. The van der Waals surface area contributed by atoms with Gasteiger partial charge in [0.05, 0.1) is 11.1 Å². The zero-order valence-electron chi connectivity index (χ0n) is 11.3. The second-order valence-electron chi connectivity index (χ2n) is 4.28. The van der Waals surface area contributed by atoms with Gasteiger partial charge < -0.3 is 10.2 Å². The van der Waals surface area contributed by atoms with E-state index < -0.39 is 0 Å². The topological polar surface area (TPSA) is 74.6 Å². The first kappa shape index (κ1) is 14.9. The van der Waals surface area contributed by atoms with Crippen molar-refractivity contribution in [3.05, 3.63) is 58.7 Å². The van der Waals surface area contributed by atoms with Crippen molar-refractivity contribution < 1.29 is 19.8 Å². The highest BCUT2D eigenvalue weighted by Crippen LogP contribution is 2.16. The molecule has 0 unspecified atom stereocenters. The van der Waals surface area contributed by atoms with E-state index in [1.54, 1.807) is 12.1 Å². The van der Waals surface area contributed by atoms with E-state index in [0.717, 1.165) is 0 Å². The van der Waals surface area contributed by atoms with Crippen LogP contribution in [0.3, 0.4) is 0 Å². The average molecular weight is 290 g/mol. The van der Waals surface area contributed by atoms with Crippen LogP contribution < -0.4 is 0 Å². The van der Waals surface area contributed by atoms with E-state index in [-0.39, 0.29) is 22.6 Å². The van der Waals surface area contributed by atoms with Crippen molar-refractivity contribution in [2.45, 2.75) is 0 Å². The summed E-state index contributed by atoms with van der Waals surface area (Å²) in [6.07, 6.45) is 1.11. The molecule has 0 aliphatic heterocycles. The van der Waals surface area contributed by atoms with Crippen LogP contribution in [0, 0.1) is 23.7 Å². The molecule has 2 aromatic rings. The Morgan fingerprint density at radius 1 is 0.727 bits per heavy atom. The molecule has 0 aliphatic carbocycles. The summed E-state index contributed by atoms with van der Waals surface area (Å²) in [5, 5.41) is 19.0. The summed E-state index contributed by atoms with van der Waals surface area (Å²) in [4.78, 5) is 21.1. The molecular formula is C18H10O4. The molecule has 2 N–H and O–H groups in total. The van der Waals surface area contributed by atoms with Crippen LogP contribution in [-0.4, -0.2) is 22.8 Å². The van der Waals surface area contributed by atoms with Crippen LogP contribution in [0.15, 0.2) is 36.4 Å². The lowest BCUT2D eigenvalue weighted by molar-refractivity contribution is 0.111. The minimum Gasteiger partial charge on any atom is -0.507 e. The standard InChI is InChI=1S/C18H10O4/c19-11-15-7-5-13(9-17(15)21)3-1-2-4-14-6-8-16(12-20)18(22)10-14/h5-12,21-22H. The van der Waals surface area contributed by atoms with Crippen molar-refractivity contribution in [1.82, 2.24) is 0 Å². The molecule has 0 atom stereocenters. The monoisotopic (exact) mass is 290 g/mol. The summed E-state index contributed by atoms with van der Waals surface area (Å²) in [5.41, 5.74) is 1.44. The van der Waals surface area contributed by atoms with E-state index in [2.05, 4.69) is 23.7 Å². The van der Waals surface area contributed by atoms with Gasteiger partial charge in [0.15, 0.2) is 12.6 Å². The third-order valence-electron chi connectivity index (χ3n) is 2.79. The molecule has 0 fully saturated rings. The van der Waals surface area contributed by atoms with E-state index in [9.17, 15) is 19.8 Å². The van der Waals surface area contributed by atoms with Crippen LogP contribution in [0.4, 0.5) is 0 Å². The third-order valence-corrected chi connectivity index (χ3v) is 2.79. The fraction of sp³-hybridized carbons (Fsp3) is 0. The fourth-order valence-electron chi connectivity index (χ4n) is 1.65. The number of carbonyl (C=O) groups excluding carboxylic acids is 2. The Morgan fingerprint density at radius 2 is 1.14 bits per heavy atom. The van der Waals surface area contributed by atoms with Crippen molar-refractivity contribution in [2.24, 2.45) is 0 Å². The number of hydrogen-bond acceptors (Lipinski definition) is 4. The highest BCUT2D eigenvalue weighted by molar-refractivity contribution is 5.80. The Labute approximate surface area is 127 Å². The Kier molecular flexibility index (Phi) is 4.59. The number of carbonyl (C=O) groups is 2. The number of aromatic hydroxyl groups is 2. The molecule has 2 rings (SSSR count). The maximum atomic E-state index is 10.6. The first-order valence-electron chi connectivity index (χ1n) is 6.22. The van der Waals surface area contributed by atoms with Crippen LogP contribution >= 0.6 is 0 Å². The molecular weight excluding hydrogens is 280 g/mol. The van der Waals surface area contributed by atoms with Crippen LogP contribution in [0.2, 0.25) is 0 Å². The number of benzene rings is 2. The van der Waals surface area contributed by atoms with Gasteiger partial charge in [-0.1, -0.05) is 11.8 Å². The Balaban J connectivity index is 2.18. The summed E-state index contributed by atoms with van der Waals surface area (Å²) < 4.78 is 0. The first-order valence-corrected chi connectivity index (χ1v) is 6.22. The number of rotatable bonds is 2. The van der Waals surface area contributed by atoms with Gasteiger partial charge in [-0.05, 0) is 48.2 Å². The minimum atomic E-state index is -0.135. The summed E-state index contributed by atoms with van der Waals surface area (Å²) in [6.45, 7) is 0. The Bertz CT molecular complexity index is 785. The lowest BCUT2D eigenvalue weighted by Crippen LogP contribution is -1.83. The maximum absolute atomic E-state index is 10.6. The van der Waals surface area contributed by atoms with Crippen LogP contribution in [0.25, 0.3) is 0 Å². The van der Waals surface area contributed by atoms with Crippen molar-refractivity contribution >= 4 is 12.6 Å². The summed E-state index contributed by atoms with van der Waals surface area (Å²) in [5.74, 6) is 10.4. The predicted octanol–water partition coefficient (Wildman–Crippen LogP) is 2.13. The Hall–Kier alpha value is -3.50. The number of phenolic OH excluding ortho intramolecular Hbond substituents is 2. The molecule has 2 aromatic carbocycles.